The molecule has 36 heavy (non-hydrogen) atoms. The van der Waals surface area contributed by atoms with Gasteiger partial charge in [-0.2, -0.15) is 0 Å². The van der Waals surface area contributed by atoms with E-state index in [1.54, 1.807) is 47.4 Å². The zero-order valence-corrected chi connectivity index (χ0v) is 22.5. The highest BCUT2D eigenvalue weighted by Gasteiger charge is 2.31. The van der Waals surface area contributed by atoms with E-state index < -0.39 is 6.04 Å². The van der Waals surface area contributed by atoms with Crippen molar-refractivity contribution in [2.24, 2.45) is 0 Å². The van der Waals surface area contributed by atoms with Gasteiger partial charge in [-0.15, -0.1) is 0 Å². The molecule has 8 heteroatoms. The van der Waals surface area contributed by atoms with Gasteiger partial charge in [0.2, 0.25) is 5.91 Å². The van der Waals surface area contributed by atoms with Crippen molar-refractivity contribution in [2.75, 3.05) is 6.61 Å². The first kappa shape index (κ1) is 27.9. The first-order valence-electron chi connectivity index (χ1n) is 11.7. The summed E-state index contributed by atoms with van der Waals surface area (Å²) in [5.74, 6) is -0.0599. The number of carbonyl (C=O) groups is 2. The number of benzene rings is 3. The van der Waals surface area contributed by atoms with Crippen LogP contribution in [0, 0.1) is 0 Å². The van der Waals surface area contributed by atoms with Gasteiger partial charge in [0.15, 0.2) is 6.61 Å². The average molecular weight is 548 g/mol. The minimum atomic E-state index is -0.767. The largest absolute Gasteiger partial charge is 0.484 e. The third-order valence-electron chi connectivity index (χ3n) is 5.79. The maximum Gasteiger partial charge on any atom is 0.261 e. The highest BCUT2D eigenvalue weighted by molar-refractivity contribution is 6.42. The molecule has 0 saturated heterocycles. The van der Waals surface area contributed by atoms with Crippen molar-refractivity contribution >= 4 is 46.6 Å². The smallest absolute Gasteiger partial charge is 0.261 e. The van der Waals surface area contributed by atoms with E-state index in [-0.39, 0.29) is 31.0 Å². The van der Waals surface area contributed by atoms with Crippen LogP contribution >= 0.6 is 34.8 Å². The lowest BCUT2D eigenvalue weighted by Gasteiger charge is -2.32. The second kappa shape index (κ2) is 13.5. The Bertz CT molecular complexity index is 1160. The Kier molecular flexibility index (Phi) is 10.5. The van der Waals surface area contributed by atoms with E-state index in [0.29, 0.717) is 27.2 Å². The molecule has 2 amide bonds. The third kappa shape index (κ3) is 8.16. The summed E-state index contributed by atoms with van der Waals surface area (Å²) in [6, 6.07) is 20.7. The molecule has 0 radical (unpaired) electrons. The summed E-state index contributed by atoms with van der Waals surface area (Å²) in [5, 5.41) is 4.40. The summed E-state index contributed by atoms with van der Waals surface area (Å²) in [5.41, 5.74) is 1.69. The van der Waals surface area contributed by atoms with Crippen molar-refractivity contribution in [1.82, 2.24) is 10.2 Å². The van der Waals surface area contributed by atoms with Crippen LogP contribution in [0.1, 0.15) is 31.4 Å². The molecule has 3 rings (SSSR count). The van der Waals surface area contributed by atoms with Crippen molar-refractivity contribution in [3.63, 3.8) is 0 Å². The average Bonchev–Trinajstić information content (AvgIpc) is 2.88. The Balaban J connectivity index is 1.92. The summed E-state index contributed by atoms with van der Waals surface area (Å²) in [4.78, 5) is 28.6. The van der Waals surface area contributed by atoms with Crippen molar-refractivity contribution in [2.45, 2.75) is 45.3 Å². The van der Waals surface area contributed by atoms with Crippen molar-refractivity contribution in [3.05, 3.63) is 99.0 Å². The van der Waals surface area contributed by atoms with E-state index in [0.717, 1.165) is 17.5 Å². The zero-order chi connectivity index (χ0) is 26.1. The van der Waals surface area contributed by atoms with Crippen LogP contribution in [0.4, 0.5) is 0 Å². The molecule has 5 nitrogen and oxygen atoms in total. The minimum absolute atomic E-state index is 0.0389. The zero-order valence-electron chi connectivity index (χ0n) is 20.2. The molecule has 0 bridgehead atoms. The van der Waals surface area contributed by atoms with Crippen LogP contribution in [-0.4, -0.2) is 35.4 Å². The lowest BCUT2D eigenvalue weighted by molar-refractivity contribution is -0.143. The molecule has 0 spiro atoms. The molecule has 0 aliphatic heterocycles. The van der Waals surface area contributed by atoms with Crippen LogP contribution < -0.4 is 10.1 Å². The summed E-state index contributed by atoms with van der Waals surface area (Å²) >= 11 is 18.3. The molecule has 0 unspecified atom stereocenters. The predicted molar refractivity (Wildman–Crippen MR) is 146 cm³/mol. The summed E-state index contributed by atoms with van der Waals surface area (Å²) in [6.45, 7) is 3.85. The number of carbonyl (C=O) groups excluding carboxylic acids is 2. The molecule has 0 heterocycles. The number of nitrogens with zero attached hydrogens (tertiary/aromatic N) is 1. The monoisotopic (exact) mass is 546 g/mol. The number of halogens is 3. The SMILES string of the molecule is CC[C@@H](C)NC(=O)[C@@H](Cc1ccccc1)N(Cc1ccc(Cl)c(Cl)c1)C(=O)COc1ccc(Cl)cc1. The first-order valence-corrected chi connectivity index (χ1v) is 12.9. The van der Waals surface area contributed by atoms with E-state index in [1.807, 2.05) is 44.2 Å². The van der Waals surface area contributed by atoms with E-state index in [1.165, 1.54) is 0 Å². The Morgan fingerprint density at radius 1 is 0.917 bits per heavy atom. The Hall–Kier alpha value is -2.73. The molecule has 0 aliphatic rings. The fourth-order valence-corrected chi connectivity index (χ4v) is 4.04. The summed E-state index contributed by atoms with van der Waals surface area (Å²) < 4.78 is 5.74. The number of rotatable bonds is 11. The maximum atomic E-state index is 13.6. The predicted octanol–water partition coefficient (Wildman–Crippen LogP) is 6.58. The van der Waals surface area contributed by atoms with Gasteiger partial charge in [0.05, 0.1) is 10.0 Å². The number of hydrogen-bond acceptors (Lipinski definition) is 3. The molecule has 190 valence electrons. The third-order valence-corrected chi connectivity index (χ3v) is 6.78. The molecule has 3 aromatic carbocycles. The molecular formula is C28H29Cl3N2O3. The molecule has 0 fully saturated rings. The molecule has 1 N–H and O–H groups in total. The van der Waals surface area contributed by atoms with Gasteiger partial charge in [-0.3, -0.25) is 9.59 Å². The topological polar surface area (TPSA) is 58.6 Å². The van der Waals surface area contributed by atoms with Crippen LogP contribution in [-0.2, 0) is 22.6 Å². The van der Waals surface area contributed by atoms with Crippen molar-refractivity contribution in [1.29, 1.82) is 0 Å². The fourth-order valence-electron chi connectivity index (χ4n) is 3.59. The highest BCUT2D eigenvalue weighted by atomic mass is 35.5. The lowest BCUT2D eigenvalue weighted by atomic mass is 10.0. The number of nitrogens with one attached hydrogen (secondary N) is 1. The van der Waals surface area contributed by atoms with Crippen molar-refractivity contribution < 1.29 is 14.3 Å². The lowest BCUT2D eigenvalue weighted by Crippen LogP contribution is -2.53. The molecule has 2 atom stereocenters. The second-order valence-corrected chi connectivity index (χ2v) is 9.79. The number of ether oxygens (including phenoxy) is 1. The number of amides is 2. The van der Waals surface area contributed by atoms with Gasteiger partial charge < -0.3 is 15.0 Å². The fraction of sp³-hybridized carbons (Fsp3) is 0.286. The van der Waals surface area contributed by atoms with Crippen LogP contribution in [0.25, 0.3) is 0 Å². The van der Waals surface area contributed by atoms with E-state index in [4.69, 9.17) is 39.5 Å². The Morgan fingerprint density at radius 3 is 2.25 bits per heavy atom. The van der Waals surface area contributed by atoms with Gasteiger partial charge in [0.25, 0.3) is 5.91 Å². The van der Waals surface area contributed by atoms with E-state index >= 15 is 0 Å². The van der Waals surface area contributed by atoms with Gasteiger partial charge in [-0.05, 0) is 60.9 Å². The molecule has 0 aliphatic carbocycles. The molecule has 0 saturated carbocycles. The van der Waals surface area contributed by atoms with Crippen LogP contribution in [0.15, 0.2) is 72.8 Å². The van der Waals surface area contributed by atoms with Gasteiger partial charge in [0.1, 0.15) is 11.8 Å². The van der Waals surface area contributed by atoms with Crippen LogP contribution in [0.2, 0.25) is 15.1 Å². The standard InChI is InChI=1S/C28H29Cl3N2O3/c1-3-19(2)32-28(35)26(16-20-7-5-4-6-8-20)33(17-21-9-14-24(30)25(31)15-21)27(34)18-36-23-12-10-22(29)11-13-23/h4-15,19,26H,3,16-18H2,1-2H3,(H,32,35)/t19-,26-/m1/s1. The van der Waals surface area contributed by atoms with E-state index in [2.05, 4.69) is 5.32 Å². The number of hydrogen-bond donors (Lipinski definition) is 1. The Labute approximate surface area is 227 Å². The van der Waals surface area contributed by atoms with E-state index in [9.17, 15) is 9.59 Å². The van der Waals surface area contributed by atoms with Gasteiger partial charge >= 0.3 is 0 Å². The first-order chi connectivity index (χ1) is 17.3. The maximum absolute atomic E-state index is 13.6. The highest BCUT2D eigenvalue weighted by Crippen LogP contribution is 2.24. The Morgan fingerprint density at radius 2 is 1.61 bits per heavy atom. The van der Waals surface area contributed by atoms with Crippen LogP contribution in [0.3, 0.4) is 0 Å². The second-order valence-electron chi connectivity index (χ2n) is 8.54. The minimum Gasteiger partial charge on any atom is -0.484 e. The van der Waals surface area contributed by atoms with Gasteiger partial charge in [0, 0.05) is 24.0 Å². The summed E-state index contributed by atoms with van der Waals surface area (Å²) in [6.07, 6.45) is 1.11. The van der Waals surface area contributed by atoms with Gasteiger partial charge in [-0.25, -0.2) is 0 Å². The summed E-state index contributed by atoms with van der Waals surface area (Å²) in [7, 11) is 0. The molecule has 0 aromatic heterocycles. The molecule has 3 aromatic rings. The van der Waals surface area contributed by atoms with Crippen molar-refractivity contribution in [3.8, 4) is 5.75 Å². The molecular weight excluding hydrogens is 519 g/mol. The normalized spacial score (nSPS) is 12.5. The van der Waals surface area contributed by atoms with Gasteiger partial charge in [-0.1, -0.05) is 78.1 Å². The van der Waals surface area contributed by atoms with Crippen LogP contribution in [0.5, 0.6) is 5.75 Å². The quantitative estimate of drug-likeness (QED) is 0.295.